The van der Waals surface area contributed by atoms with E-state index in [1.807, 2.05) is 0 Å². The van der Waals surface area contributed by atoms with Crippen LogP contribution in [0.3, 0.4) is 0 Å². The van der Waals surface area contributed by atoms with E-state index in [9.17, 15) is 4.39 Å². The Morgan fingerprint density at radius 2 is 1.95 bits per heavy atom. The normalized spacial score (nSPS) is 10.2. The molecule has 100 valence electrons. The van der Waals surface area contributed by atoms with Crippen molar-refractivity contribution in [3.8, 4) is 5.88 Å². The zero-order valence-electron chi connectivity index (χ0n) is 10.7. The number of nitrogens with one attached hydrogen (secondary N) is 1. The third kappa shape index (κ3) is 3.58. The quantitative estimate of drug-likeness (QED) is 0.868. The number of hydrogen-bond acceptors (Lipinski definition) is 4. The summed E-state index contributed by atoms with van der Waals surface area (Å²) in [7, 11) is 1.56. The molecule has 0 atom stereocenters. The van der Waals surface area contributed by atoms with Crippen LogP contribution < -0.4 is 15.8 Å². The van der Waals surface area contributed by atoms with Crippen LogP contribution in [0, 0.1) is 5.82 Å². The molecule has 1 aromatic carbocycles. The fraction of sp³-hybridized carbons (Fsp3) is 0.214. The third-order valence-corrected chi connectivity index (χ3v) is 2.73. The Labute approximate surface area is 111 Å². The van der Waals surface area contributed by atoms with Crippen LogP contribution in [0.25, 0.3) is 0 Å². The SMILES string of the molecule is COc1ccc(N)c(NCCc2ccc(F)cc2)n1. The number of ether oxygens (including phenoxy) is 1. The summed E-state index contributed by atoms with van der Waals surface area (Å²) in [6.07, 6.45) is 0.763. The largest absolute Gasteiger partial charge is 0.481 e. The molecule has 1 aromatic heterocycles. The van der Waals surface area contributed by atoms with Gasteiger partial charge in [-0.15, -0.1) is 0 Å². The Balaban J connectivity index is 1.93. The number of methoxy groups -OCH3 is 1. The number of halogens is 1. The van der Waals surface area contributed by atoms with Crippen LogP contribution in [-0.4, -0.2) is 18.6 Å². The monoisotopic (exact) mass is 261 g/mol. The molecule has 1 heterocycles. The molecule has 19 heavy (non-hydrogen) atoms. The van der Waals surface area contributed by atoms with Gasteiger partial charge in [0, 0.05) is 12.6 Å². The zero-order valence-corrected chi connectivity index (χ0v) is 10.7. The molecule has 0 amide bonds. The Morgan fingerprint density at radius 3 is 2.63 bits per heavy atom. The van der Waals surface area contributed by atoms with E-state index in [1.54, 1.807) is 31.4 Å². The lowest BCUT2D eigenvalue weighted by Gasteiger charge is -2.09. The van der Waals surface area contributed by atoms with Gasteiger partial charge in [0.2, 0.25) is 5.88 Å². The fourth-order valence-corrected chi connectivity index (χ4v) is 1.68. The van der Waals surface area contributed by atoms with Crippen LogP contribution in [0.4, 0.5) is 15.9 Å². The maximum Gasteiger partial charge on any atom is 0.215 e. The van der Waals surface area contributed by atoms with E-state index in [1.165, 1.54) is 12.1 Å². The molecule has 0 aliphatic heterocycles. The Kier molecular flexibility index (Phi) is 4.18. The maximum absolute atomic E-state index is 12.8. The minimum Gasteiger partial charge on any atom is -0.481 e. The molecule has 0 radical (unpaired) electrons. The van der Waals surface area contributed by atoms with Crippen molar-refractivity contribution >= 4 is 11.5 Å². The van der Waals surface area contributed by atoms with E-state index in [-0.39, 0.29) is 5.82 Å². The van der Waals surface area contributed by atoms with Crippen molar-refractivity contribution in [2.24, 2.45) is 0 Å². The van der Waals surface area contributed by atoms with E-state index >= 15 is 0 Å². The lowest BCUT2D eigenvalue weighted by atomic mass is 10.1. The van der Waals surface area contributed by atoms with Gasteiger partial charge in [-0.1, -0.05) is 12.1 Å². The first-order valence-electron chi connectivity index (χ1n) is 5.98. The molecule has 2 aromatic rings. The smallest absolute Gasteiger partial charge is 0.215 e. The highest BCUT2D eigenvalue weighted by molar-refractivity contribution is 5.61. The van der Waals surface area contributed by atoms with Crippen LogP contribution in [0.1, 0.15) is 5.56 Å². The number of nitrogens with two attached hydrogens (primary N) is 1. The molecule has 0 aliphatic rings. The first kappa shape index (κ1) is 13.1. The number of benzene rings is 1. The number of anilines is 2. The van der Waals surface area contributed by atoms with E-state index < -0.39 is 0 Å². The van der Waals surface area contributed by atoms with E-state index in [2.05, 4.69) is 10.3 Å². The summed E-state index contributed by atoms with van der Waals surface area (Å²) in [5, 5.41) is 3.14. The minimum atomic E-state index is -0.226. The lowest BCUT2D eigenvalue weighted by molar-refractivity contribution is 0.398. The van der Waals surface area contributed by atoms with Gasteiger partial charge in [0.05, 0.1) is 12.8 Å². The van der Waals surface area contributed by atoms with Crippen LogP contribution in [0.15, 0.2) is 36.4 Å². The second-order valence-electron chi connectivity index (χ2n) is 4.09. The third-order valence-electron chi connectivity index (χ3n) is 2.73. The Morgan fingerprint density at radius 1 is 1.21 bits per heavy atom. The van der Waals surface area contributed by atoms with Gasteiger partial charge in [0.15, 0.2) is 5.82 Å². The topological polar surface area (TPSA) is 60.2 Å². The Hall–Kier alpha value is -2.30. The molecular weight excluding hydrogens is 245 g/mol. The van der Waals surface area contributed by atoms with Crippen molar-refractivity contribution in [1.29, 1.82) is 0 Å². The second kappa shape index (κ2) is 6.04. The summed E-state index contributed by atoms with van der Waals surface area (Å²) >= 11 is 0. The van der Waals surface area contributed by atoms with E-state index in [0.29, 0.717) is 23.9 Å². The fourth-order valence-electron chi connectivity index (χ4n) is 1.68. The summed E-state index contributed by atoms with van der Waals surface area (Å²) in [6.45, 7) is 0.663. The molecule has 0 unspecified atom stereocenters. The standard InChI is InChI=1S/C14H16FN3O/c1-19-13-7-6-12(16)14(18-13)17-9-8-10-2-4-11(15)5-3-10/h2-7H,8-9,16H2,1H3,(H,17,18). The first-order chi connectivity index (χ1) is 9.19. The van der Waals surface area contributed by atoms with Gasteiger partial charge >= 0.3 is 0 Å². The maximum atomic E-state index is 12.8. The van der Waals surface area contributed by atoms with Crippen LogP contribution in [0.2, 0.25) is 0 Å². The van der Waals surface area contributed by atoms with Gasteiger partial charge in [0.25, 0.3) is 0 Å². The van der Waals surface area contributed by atoms with Crippen molar-refractivity contribution in [3.63, 3.8) is 0 Å². The molecule has 4 nitrogen and oxygen atoms in total. The van der Waals surface area contributed by atoms with Crippen LogP contribution >= 0.6 is 0 Å². The number of pyridine rings is 1. The molecule has 5 heteroatoms. The summed E-state index contributed by atoms with van der Waals surface area (Å²) in [6, 6.07) is 9.88. The van der Waals surface area contributed by atoms with Gasteiger partial charge < -0.3 is 15.8 Å². The molecule has 3 N–H and O–H groups in total. The second-order valence-corrected chi connectivity index (χ2v) is 4.09. The molecule has 0 aliphatic carbocycles. The van der Waals surface area contributed by atoms with Crippen molar-refractivity contribution in [2.45, 2.75) is 6.42 Å². The number of nitrogens with zero attached hydrogens (tertiary/aromatic N) is 1. The van der Waals surface area contributed by atoms with E-state index in [0.717, 1.165) is 12.0 Å². The predicted molar refractivity (Wildman–Crippen MR) is 73.8 cm³/mol. The minimum absolute atomic E-state index is 0.226. The number of aromatic nitrogens is 1. The summed E-state index contributed by atoms with van der Waals surface area (Å²) in [5.74, 6) is 0.885. The molecule has 0 spiro atoms. The summed E-state index contributed by atoms with van der Waals surface area (Å²) in [4.78, 5) is 4.22. The molecule has 0 saturated heterocycles. The van der Waals surface area contributed by atoms with Gasteiger partial charge in [-0.05, 0) is 30.2 Å². The highest BCUT2D eigenvalue weighted by Gasteiger charge is 2.02. The number of rotatable bonds is 5. The number of nitrogen functional groups attached to an aromatic ring is 1. The van der Waals surface area contributed by atoms with Crippen molar-refractivity contribution in [3.05, 3.63) is 47.8 Å². The van der Waals surface area contributed by atoms with Crippen LogP contribution in [0.5, 0.6) is 5.88 Å². The summed E-state index contributed by atoms with van der Waals surface area (Å²) < 4.78 is 17.8. The average molecular weight is 261 g/mol. The first-order valence-corrected chi connectivity index (χ1v) is 5.98. The molecule has 0 fully saturated rings. The van der Waals surface area contributed by atoms with E-state index in [4.69, 9.17) is 10.5 Å². The predicted octanol–water partition coefficient (Wildman–Crippen LogP) is 2.47. The molecular formula is C14H16FN3O. The van der Waals surface area contributed by atoms with Crippen molar-refractivity contribution in [2.75, 3.05) is 24.7 Å². The molecule has 0 saturated carbocycles. The lowest BCUT2D eigenvalue weighted by Crippen LogP contribution is -2.09. The van der Waals surface area contributed by atoms with Crippen molar-refractivity contribution in [1.82, 2.24) is 4.98 Å². The van der Waals surface area contributed by atoms with Gasteiger partial charge in [-0.2, -0.15) is 4.98 Å². The van der Waals surface area contributed by atoms with Gasteiger partial charge in [-0.25, -0.2) is 4.39 Å². The highest BCUT2D eigenvalue weighted by atomic mass is 19.1. The van der Waals surface area contributed by atoms with Gasteiger partial charge in [-0.3, -0.25) is 0 Å². The zero-order chi connectivity index (χ0) is 13.7. The molecule has 2 rings (SSSR count). The average Bonchev–Trinajstić information content (AvgIpc) is 2.43. The van der Waals surface area contributed by atoms with Gasteiger partial charge in [0.1, 0.15) is 5.82 Å². The van der Waals surface area contributed by atoms with Crippen LogP contribution in [-0.2, 0) is 6.42 Å². The summed E-state index contributed by atoms with van der Waals surface area (Å²) in [5.41, 5.74) is 7.43. The molecule has 0 bridgehead atoms. The Bertz CT molecular complexity index is 543. The number of hydrogen-bond donors (Lipinski definition) is 2. The highest BCUT2D eigenvalue weighted by Crippen LogP contribution is 2.19. The van der Waals surface area contributed by atoms with Crippen molar-refractivity contribution < 1.29 is 9.13 Å².